The number of halogens is 1. The number of piperazine rings is 1. The molecule has 33 heavy (non-hydrogen) atoms. The zero-order valence-corrected chi connectivity index (χ0v) is 18.7. The number of nitrogens with zero attached hydrogens (tertiary/aromatic N) is 7. The summed E-state index contributed by atoms with van der Waals surface area (Å²) < 4.78 is 1.53. The summed E-state index contributed by atoms with van der Waals surface area (Å²) in [6.45, 7) is 3.51. The molecule has 1 fully saturated rings. The largest absolute Gasteiger partial charge is 0.352 e. The lowest BCUT2D eigenvalue weighted by molar-refractivity contribution is 0.212. The second-order valence-electron chi connectivity index (χ2n) is 8.25. The van der Waals surface area contributed by atoms with Gasteiger partial charge in [0.25, 0.3) is 0 Å². The fourth-order valence-electron chi connectivity index (χ4n) is 4.78. The molecule has 0 saturated carbocycles. The molecule has 3 aromatic carbocycles. The van der Waals surface area contributed by atoms with Gasteiger partial charge in [-0.15, -0.1) is 14.8 Å². The van der Waals surface area contributed by atoms with Crippen LogP contribution in [0.1, 0.15) is 17.2 Å². The summed E-state index contributed by atoms with van der Waals surface area (Å²) in [6.07, 6.45) is 0. The minimum Gasteiger partial charge on any atom is -0.352 e. The lowest BCUT2D eigenvalue weighted by atomic mass is 9.96. The van der Waals surface area contributed by atoms with Crippen LogP contribution in [0.4, 0.5) is 5.82 Å². The molecule has 164 valence electrons. The summed E-state index contributed by atoms with van der Waals surface area (Å²) in [5.74, 6) is 0.920. The van der Waals surface area contributed by atoms with Gasteiger partial charge in [0.2, 0.25) is 5.65 Å². The molecule has 1 aliphatic rings. The van der Waals surface area contributed by atoms with E-state index in [-0.39, 0.29) is 6.04 Å². The van der Waals surface area contributed by atoms with E-state index in [1.54, 1.807) is 0 Å². The topological polar surface area (TPSA) is 62.5 Å². The smallest absolute Gasteiger partial charge is 0.207 e. The molecule has 0 amide bonds. The Kier molecular flexibility index (Phi) is 5.13. The van der Waals surface area contributed by atoms with Gasteiger partial charge in [-0.25, -0.2) is 0 Å². The summed E-state index contributed by atoms with van der Waals surface area (Å²) in [5.41, 5.74) is 3.16. The first-order chi connectivity index (χ1) is 16.3. The van der Waals surface area contributed by atoms with Crippen molar-refractivity contribution in [1.29, 1.82) is 0 Å². The highest BCUT2D eigenvalue weighted by Gasteiger charge is 2.28. The van der Waals surface area contributed by atoms with E-state index in [1.165, 1.54) is 15.8 Å². The third kappa shape index (κ3) is 3.69. The minimum absolute atomic E-state index is 0.152. The highest BCUT2D eigenvalue weighted by Crippen LogP contribution is 2.33. The van der Waals surface area contributed by atoms with Crippen molar-refractivity contribution in [1.82, 2.24) is 30.2 Å². The predicted octanol–water partition coefficient (Wildman–Crippen LogP) is 4.24. The van der Waals surface area contributed by atoms with Crippen LogP contribution in [-0.2, 0) is 0 Å². The molecular formula is C25H22ClN7. The number of hydrogen-bond acceptors (Lipinski definition) is 6. The van der Waals surface area contributed by atoms with Crippen molar-refractivity contribution >= 4 is 33.8 Å². The van der Waals surface area contributed by atoms with E-state index in [9.17, 15) is 0 Å². The molecule has 1 unspecified atom stereocenters. The molecule has 1 atom stereocenters. The van der Waals surface area contributed by atoms with Gasteiger partial charge in [-0.05, 0) is 33.7 Å². The highest BCUT2D eigenvalue weighted by atomic mass is 35.5. The van der Waals surface area contributed by atoms with E-state index in [1.807, 2.05) is 30.3 Å². The number of anilines is 1. The van der Waals surface area contributed by atoms with Crippen molar-refractivity contribution in [2.75, 3.05) is 31.1 Å². The summed E-state index contributed by atoms with van der Waals surface area (Å²) in [7, 11) is 0. The van der Waals surface area contributed by atoms with Crippen molar-refractivity contribution in [2.24, 2.45) is 0 Å². The average Bonchev–Trinajstić information content (AvgIpc) is 3.34. The van der Waals surface area contributed by atoms with Crippen molar-refractivity contribution in [3.63, 3.8) is 0 Å². The third-order valence-corrected chi connectivity index (χ3v) is 6.55. The first-order valence-corrected chi connectivity index (χ1v) is 11.4. The molecule has 0 bridgehead atoms. The number of tetrazole rings is 1. The molecule has 3 heterocycles. The second-order valence-corrected chi connectivity index (χ2v) is 8.69. The standard InChI is InChI=1S/C25H22ClN7/c26-20-10-6-9-19(17-20)23(18-7-2-1-3-8-18)31-13-15-32(16-14-31)25-22-12-5-4-11-21(22)24-27-29-30-33(24)28-25/h1-12,17,23H,13-16H2. The summed E-state index contributed by atoms with van der Waals surface area (Å²) in [6, 6.07) is 27.2. The number of aromatic nitrogens is 5. The maximum absolute atomic E-state index is 6.36. The molecule has 0 N–H and O–H groups in total. The quantitative estimate of drug-likeness (QED) is 0.404. The van der Waals surface area contributed by atoms with Gasteiger partial charge in [0.15, 0.2) is 5.82 Å². The number of benzene rings is 3. The van der Waals surface area contributed by atoms with Crippen LogP contribution < -0.4 is 4.90 Å². The van der Waals surface area contributed by atoms with Gasteiger partial charge in [-0.1, -0.05) is 78.3 Å². The molecule has 5 aromatic rings. The van der Waals surface area contributed by atoms with Gasteiger partial charge in [-0.2, -0.15) is 0 Å². The number of fused-ring (bicyclic) bond motifs is 3. The Morgan fingerprint density at radius 3 is 2.27 bits per heavy atom. The molecular weight excluding hydrogens is 434 g/mol. The van der Waals surface area contributed by atoms with E-state index >= 15 is 0 Å². The van der Waals surface area contributed by atoms with Crippen LogP contribution in [0.5, 0.6) is 0 Å². The summed E-state index contributed by atoms with van der Waals surface area (Å²) in [4.78, 5) is 4.86. The van der Waals surface area contributed by atoms with Crippen LogP contribution in [0.25, 0.3) is 16.4 Å². The summed E-state index contributed by atoms with van der Waals surface area (Å²) in [5, 5.41) is 19.6. The number of hydrogen-bond donors (Lipinski definition) is 0. The van der Waals surface area contributed by atoms with Crippen LogP contribution in [0, 0.1) is 0 Å². The van der Waals surface area contributed by atoms with E-state index in [2.05, 4.69) is 73.9 Å². The average molecular weight is 456 g/mol. The van der Waals surface area contributed by atoms with Crippen molar-refractivity contribution in [2.45, 2.75) is 6.04 Å². The molecule has 0 aliphatic carbocycles. The number of rotatable bonds is 4. The van der Waals surface area contributed by atoms with Gasteiger partial charge in [0, 0.05) is 42.0 Å². The zero-order valence-electron chi connectivity index (χ0n) is 17.9. The lowest BCUT2D eigenvalue weighted by Gasteiger charge is -2.40. The predicted molar refractivity (Wildman–Crippen MR) is 130 cm³/mol. The summed E-state index contributed by atoms with van der Waals surface area (Å²) >= 11 is 6.36. The maximum atomic E-state index is 6.36. The lowest BCUT2D eigenvalue weighted by Crippen LogP contribution is -2.48. The Balaban J connectivity index is 1.32. The SMILES string of the molecule is Clc1cccc(C(c2ccccc2)N2CCN(c3nn4nnnc4c4ccccc34)CC2)c1. The van der Waals surface area contributed by atoms with E-state index in [4.69, 9.17) is 16.7 Å². The Hall–Kier alpha value is -3.55. The zero-order chi connectivity index (χ0) is 22.2. The van der Waals surface area contributed by atoms with E-state index in [0.717, 1.165) is 47.8 Å². The minimum atomic E-state index is 0.152. The van der Waals surface area contributed by atoms with Crippen molar-refractivity contribution < 1.29 is 0 Å². The molecule has 0 radical (unpaired) electrons. The van der Waals surface area contributed by atoms with Crippen LogP contribution in [-0.4, -0.2) is 56.3 Å². The molecule has 0 spiro atoms. The molecule has 8 heteroatoms. The van der Waals surface area contributed by atoms with Crippen molar-refractivity contribution in [3.05, 3.63) is 95.0 Å². The molecule has 1 aliphatic heterocycles. The van der Waals surface area contributed by atoms with Crippen molar-refractivity contribution in [3.8, 4) is 0 Å². The Labute approximate surface area is 196 Å². The van der Waals surface area contributed by atoms with Gasteiger partial charge < -0.3 is 4.90 Å². The molecule has 2 aromatic heterocycles. The maximum Gasteiger partial charge on any atom is 0.207 e. The van der Waals surface area contributed by atoms with Crippen LogP contribution in [0.2, 0.25) is 5.02 Å². The first-order valence-electron chi connectivity index (χ1n) is 11.0. The van der Waals surface area contributed by atoms with Gasteiger partial charge in [-0.3, -0.25) is 4.90 Å². The third-order valence-electron chi connectivity index (χ3n) is 6.31. The fourth-order valence-corrected chi connectivity index (χ4v) is 4.98. The van der Waals surface area contributed by atoms with E-state index in [0.29, 0.717) is 5.65 Å². The monoisotopic (exact) mass is 455 g/mol. The first kappa shape index (κ1) is 20.1. The fraction of sp³-hybridized carbons (Fsp3) is 0.200. The van der Waals surface area contributed by atoms with Gasteiger partial charge in [0.1, 0.15) is 0 Å². The Morgan fingerprint density at radius 1 is 0.758 bits per heavy atom. The Morgan fingerprint density at radius 2 is 1.48 bits per heavy atom. The second kappa shape index (κ2) is 8.42. The molecule has 7 nitrogen and oxygen atoms in total. The van der Waals surface area contributed by atoms with Gasteiger partial charge in [0.05, 0.1) is 6.04 Å². The van der Waals surface area contributed by atoms with Crippen LogP contribution in [0.3, 0.4) is 0 Å². The molecule has 1 saturated heterocycles. The van der Waals surface area contributed by atoms with E-state index < -0.39 is 0 Å². The Bertz CT molecular complexity index is 1410. The highest BCUT2D eigenvalue weighted by molar-refractivity contribution is 6.30. The van der Waals surface area contributed by atoms with Crippen LogP contribution in [0.15, 0.2) is 78.9 Å². The molecule has 6 rings (SSSR count). The normalized spacial score (nSPS) is 15.8. The van der Waals surface area contributed by atoms with Gasteiger partial charge >= 0.3 is 0 Å². The van der Waals surface area contributed by atoms with Crippen LogP contribution >= 0.6 is 11.6 Å².